The van der Waals surface area contributed by atoms with E-state index >= 15 is 0 Å². The van der Waals surface area contributed by atoms with Gasteiger partial charge in [-0.15, -0.1) is 0 Å². The van der Waals surface area contributed by atoms with Crippen LogP contribution in [0.15, 0.2) is 33.2 Å². The second-order valence-corrected chi connectivity index (χ2v) is 10.8. The van der Waals surface area contributed by atoms with Crippen LogP contribution in [0, 0.1) is 0 Å². The van der Waals surface area contributed by atoms with Gasteiger partial charge in [-0.2, -0.15) is 0 Å². The standard InChI is InChI=1S/C20H29N4O11PS/c1-5-6-24(20(28)22-3)19-18(30-4)17(14(8-25)34-19)35-36(29,37-11-31-12(2)26)32-9-15-13(27)7-16(33-15)23-10-21/h5-6,10,16,25,27H,7-9,11H2,1-4H3,(H2,21,23)(H,22,28)/b6-5-/t16-,36?/m1/s1. The van der Waals surface area contributed by atoms with Crippen molar-refractivity contribution in [3.8, 4) is 11.5 Å². The van der Waals surface area contributed by atoms with Gasteiger partial charge in [0, 0.05) is 31.6 Å². The van der Waals surface area contributed by atoms with Crippen LogP contribution in [-0.4, -0.2) is 61.5 Å². The molecule has 17 heteroatoms. The zero-order valence-corrected chi connectivity index (χ0v) is 22.2. The summed E-state index contributed by atoms with van der Waals surface area (Å²) in [6, 6.07) is -0.611. The van der Waals surface area contributed by atoms with Crippen molar-refractivity contribution in [1.29, 1.82) is 0 Å². The zero-order valence-electron chi connectivity index (χ0n) is 20.5. The molecule has 37 heavy (non-hydrogen) atoms. The molecule has 0 fully saturated rings. The van der Waals surface area contributed by atoms with Crippen LogP contribution in [0.4, 0.5) is 10.7 Å². The van der Waals surface area contributed by atoms with Crippen molar-refractivity contribution in [3.05, 3.63) is 29.6 Å². The molecule has 0 aromatic carbocycles. The maximum Gasteiger partial charge on any atom is 0.444 e. The number of hydrogen-bond acceptors (Lipinski definition) is 13. The van der Waals surface area contributed by atoms with Crippen molar-refractivity contribution in [2.24, 2.45) is 10.7 Å². The predicted octanol–water partition coefficient (Wildman–Crippen LogP) is 2.72. The van der Waals surface area contributed by atoms with Crippen LogP contribution in [0.1, 0.15) is 26.0 Å². The van der Waals surface area contributed by atoms with Crippen LogP contribution in [0.3, 0.4) is 0 Å². The molecule has 1 unspecified atom stereocenters. The monoisotopic (exact) mass is 564 g/mol. The molecule has 2 heterocycles. The molecular formula is C20H29N4O11PS. The van der Waals surface area contributed by atoms with Crippen LogP contribution < -0.4 is 25.2 Å². The largest absolute Gasteiger partial charge is 0.508 e. The number of hydrogen-bond donors (Lipinski definition) is 4. The van der Waals surface area contributed by atoms with E-state index in [0.717, 1.165) is 18.2 Å². The van der Waals surface area contributed by atoms with Gasteiger partial charge in [-0.25, -0.2) is 19.3 Å². The highest BCUT2D eigenvalue weighted by Gasteiger charge is 2.37. The molecule has 2 amide bonds. The Bertz CT molecular complexity index is 1100. The fourth-order valence-corrected chi connectivity index (χ4v) is 5.35. The molecule has 0 spiro atoms. The Labute approximate surface area is 216 Å². The number of urea groups is 1. The Morgan fingerprint density at radius 3 is 2.70 bits per heavy atom. The molecule has 0 radical (unpaired) electrons. The number of carbonyl (C=O) groups is 2. The fourth-order valence-electron chi connectivity index (χ4n) is 2.83. The number of aliphatic hydroxyl groups is 2. The number of furan rings is 1. The number of aliphatic imine (C=N–C) groups is 1. The zero-order chi connectivity index (χ0) is 27.6. The van der Waals surface area contributed by atoms with E-state index in [-0.39, 0.29) is 41.1 Å². The van der Waals surface area contributed by atoms with Gasteiger partial charge >= 0.3 is 18.8 Å². The minimum absolute atomic E-state index is 0.0198. The Balaban J connectivity index is 2.42. The quantitative estimate of drug-likeness (QED) is 0.0895. The minimum Gasteiger partial charge on any atom is -0.508 e. The molecule has 0 saturated heterocycles. The summed E-state index contributed by atoms with van der Waals surface area (Å²) in [5.74, 6) is -2.26. The molecule has 5 N–H and O–H groups in total. The third-order valence-corrected chi connectivity index (χ3v) is 7.62. The number of ether oxygens (including phenoxy) is 3. The third kappa shape index (κ3) is 7.82. The highest BCUT2D eigenvalue weighted by atomic mass is 32.7. The smallest absolute Gasteiger partial charge is 0.444 e. The lowest BCUT2D eigenvalue weighted by molar-refractivity contribution is -0.138. The minimum atomic E-state index is -4.29. The lowest BCUT2D eigenvalue weighted by Gasteiger charge is -2.19. The maximum absolute atomic E-state index is 13.7. The van der Waals surface area contributed by atoms with Crippen molar-refractivity contribution in [2.75, 3.05) is 31.6 Å². The highest BCUT2D eigenvalue weighted by Crippen LogP contribution is 2.63. The number of nitrogens with two attached hydrogens (primary N) is 1. The Kier molecular flexibility index (Phi) is 11.2. The van der Waals surface area contributed by atoms with Gasteiger partial charge in [0.25, 0.3) is 5.88 Å². The van der Waals surface area contributed by atoms with Gasteiger partial charge in [-0.3, -0.25) is 9.32 Å². The molecule has 2 rings (SSSR count). The summed E-state index contributed by atoms with van der Waals surface area (Å²) in [5, 5.41) is 22.4. The van der Waals surface area contributed by atoms with Gasteiger partial charge in [0.1, 0.15) is 24.9 Å². The SMILES string of the molecule is C/C=C\N(C(=O)NC)c1oc(CO)c(OP(=O)(OCC2=C(O)C[C@H](N=CN)O2)SCOC(C)=O)c1OC. The maximum atomic E-state index is 13.7. The van der Waals surface area contributed by atoms with Crippen LogP contribution in [0.25, 0.3) is 0 Å². The molecule has 15 nitrogen and oxygen atoms in total. The van der Waals surface area contributed by atoms with E-state index in [9.17, 15) is 24.4 Å². The van der Waals surface area contributed by atoms with E-state index in [2.05, 4.69) is 10.3 Å². The number of carbonyl (C=O) groups excluding carboxylic acids is 2. The van der Waals surface area contributed by atoms with Crippen molar-refractivity contribution >= 4 is 42.4 Å². The van der Waals surface area contributed by atoms with Crippen molar-refractivity contribution in [1.82, 2.24) is 5.32 Å². The Morgan fingerprint density at radius 2 is 2.14 bits per heavy atom. The molecule has 0 aliphatic carbocycles. The summed E-state index contributed by atoms with van der Waals surface area (Å²) < 4.78 is 46.0. The van der Waals surface area contributed by atoms with E-state index in [1.54, 1.807) is 13.0 Å². The molecule has 0 saturated carbocycles. The number of nitrogens with zero attached hydrogens (tertiary/aromatic N) is 2. The van der Waals surface area contributed by atoms with Crippen LogP contribution >= 0.6 is 18.2 Å². The van der Waals surface area contributed by atoms with E-state index in [0.29, 0.717) is 11.4 Å². The molecular weight excluding hydrogens is 535 g/mol. The average molecular weight is 565 g/mol. The summed E-state index contributed by atoms with van der Waals surface area (Å²) in [7, 11) is 2.63. The summed E-state index contributed by atoms with van der Waals surface area (Å²) in [6.45, 7) is -2.73. The lowest BCUT2D eigenvalue weighted by atomic mass is 10.3. The highest BCUT2D eigenvalue weighted by molar-refractivity contribution is 8.55. The molecule has 1 aliphatic rings. The van der Waals surface area contributed by atoms with E-state index in [4.69, 9.17) is 33.4 Å². The molecule has 2 atom stereocenters. The summed E-state index contributed by atoms with van der Waals surface area (Å²) in [6.07, 6.45) is 3.16. The second kappa shape index (κ2) is 13.8. The number of anilines is 1. The number of amides is 2. The number of nitrogens with one attached hydrogen (secondary N) is 1. The summed E-state index contributed by atoms with van der Waals surface area (Å²) >= 11 is 0.493. The van der Waals surface area contributed by atoms with Crippen LogP contribution in [0.5, 0.6) is 11.5 Å². The van der Waals surface area contributed by atoms with Crippen molar-refractivity contribution in [2.45, 2.75) is 33.1 Å². The normalized spacial score (nSPS) is 17.1. The summed E-state index contributed by atoms with van der Waals surface area (Å²) in [5.41, 5.74) is 5.25. The number of allylic oxidation sites excluding steroid dienone is 1. The Hall–Kier alpha value is -3.33. The molecule has 206 valence electrons. The van der Waals surface area contributed by atoms with E-state index in [1.165, 1.54) is 20.4 Å². The molecule has 1 aliphatic heterocycles. The first-order valence-corrected chi connectivity index (χ1v) is 13.7. The second-order valence-electron chi connectivity index (χ2n) is 6.90. The van der Waals surface area contributed by atoms with E-state index in [1.807, 2.05) is 0 Å². The molecule has 1 aromatic heterocycles. The van der Waals surface area contributed by atoms with Gasteiger partial charge in [-0.05, 0) is 6.92 Å². The Morgan fingerprint density at radius 1 is 1.41 bits per heavy atom. The summed E-state index contributed by atoms with van der Waals surface area (Å²) in [4.78, 5) is 28.4. The lowest BCUT2D eigenvalue weighted by Crippen LogP contribution is -2.34. The van der Waals surface area contributed by atoms with Gasteiger partial charge in [0.2, 0.25) is 11.5 Å². The first kappa shape index (κ1) is 29.9. The van der Waals surface area contributed by atoms with Gasteiger partial charge < -0.3 is 44.4 Å². The number of esters is 1. The van der Waals surface area contributed by atoms with Crippen molar-refractivity contribution < 1.29 is 52.0 Å². The number of aliphatic hydroxyl groups excluding tert-OH is 2. The average Bonchev–Trinajstić information content (AvgIpc) is 3.39. The predicted molar refractivity (Wildman–Crippen MR) is 133 cm³/mol. The fraction of sp³-hybridized carbons (Fsp3) is 0.450. The first-order chi connectivity index (χ1) is 17.6. The molecule has 0 bridgehead atoms. The van der Waals surface area contributed by atoms with E-state index < -0.39 is 44.2 Å². The van der Waals surface area contributed by atoms with Crippen molar-refractivity contribution in [3.63, 3.8) is 0 Å². The van der Waals surface area contributed by atoms with Crippen LogP contribution in [0.2, 0.25) is 0 Å². The van der Waals surface area contributed by atoms with Gasteiger partial charge in [0.05, 0.1) is 19.9 Å². The number of rotatable bonds is 13. The first-order valence-electron chi connectivity index (χ1n) is 10.6. The van der Waals surface area contributed by atoms with Gasteiger partial charge in [0.15, 0.2) is 17.7 Å². The topological polar surface area (TPSA) is 205 Å². The van der Waals surface area contributed by atoms with Crippen LogP contribution in [-0.2, 0) is 30.0 Å². The number of methoxy groups -OCH3 is 1. The third-order valence-electron chi connectivity index (χ3n) is 4.42. The van der Waals surface area contributed by atoms with Gasteiger partial charge in [-0.1, -0.05) is 6.08 Å². The molecule has 1 aromatic rings.